The van der Waals surface area contributed by atoms with Crippen LogP contribution in [0.2, 0.25) is 0 Å². The van der Waals surface area contributed by atoms with Crippen LogP contribution in [0.1, 0.15) is 10.4 Å². The van der Waals surface area contributed by atoms with Crippen molar-refractivity contribution in [1.82, 2.24) is 0 Å². The summed E-state index contributed by atoms with van der Waals surface area (Å²) < 4.78 is 30.3. The zero-order valence-electron chi connectivity index (χ0n) is 13.6. The Morgan fingerprint density at radius 1 is 0.962 bits per heavy atom. The minimum absolute atomic E-state index is 0.124. The molecule has 6 nitrogen and oxygen atoms in total. The van der Waals surface area contributed by atoms with Crippen LogP contribution >= 0.6 is 0 Å². The third-order valence-electron chi connectivity index (χ3n) is 3.90. The van der Waals surface area contributed by atoms with E-state index in [0.717, 1.165) is 16.8 Å². The molecule has 26 heavy (non-hydrogen) atoms. The summed E-state index contributed by atoms with van der Waals surface area (Å²) in [6.45, 7) is -0.124. The van der Waals surface area contributed by atoms with E-state index >= 15 is 0 Å². The van der Waals surface area contributed by atoms with Gasteiger partial charge in [-0.2, -0.15) is 0 Å². The molecule has 0 amide bonds. The van der Waals surface area contributed by atoms with Crippen molar-refractivity contribution in [2.24, 2.45) is 0 Å². The van der Waals surface area contributed by atoms with Crippen LogP contribution < -0.4 is 4.74 Å². The fourth-order valence-corrected chi connectivity index (χ4v) is 3.65. The molecule has 0 spiro atoms. The van der Waals surface area contributed by atoms with Gasteiger partial charge in [0.2, 0.25) is 0 Å². The van der Waals surface area contributed by atoms with E-state index in [-0.39, 0.29) is 28.6 Å². The summed E-state index contributed by atoms with van der Waals surface area (Å²) in [6, 6.07) is 16.1. The Morgan fingerprint density at radius 3 is 2.38 bits per heavy atom. The van der Waals surface area contributed by atoms with Crippen molar-refractivity contribution in [1.29, 1.82) is 0 Å². The molecule has 0 fully saturated rings. The molecule has 3 aromatic carbocycles. The van der Waals surface area contributed by atoms with Crippen molar-refractivity contribution >= 4 is 26.6 Å². The lowest BCUT2D eigenvalue weighted by Gasteiger charge is -2.09. The SMILES string of the molecule is O=C(O)c1ccc(OCCS(=O)(=O)c2ccc3ccccc3c2)cc1O. The van der Waals surface area contributed by atoms with Crippen molar-refractivity contribution in [3.63, 3.8) is 0 Å². The minimum Gasteiger partial charge on any atom is -0.507 e. The largest absolute Gasteiger partial charge is 0.507 e. The molecule has 0 bridgehead atoms. The van der Waals surface area contributed by atoms with Crippen LogP contribution in [0, 0.1) is 0 Å². The Balaban J connectivity index is 1.70. The highest BCUT2D eigenvalue weighted by Crippen LogP contribution is 2.24. The number of carboxylic acids is 1. The van der Waals surface area contributed by atoms with Gasteiger partial charge in [-0.3, -0.25) is 0 Å². The molecule has 0 unspecified atom stereocenters. The van der Waals surface area contributed by atoms with Gasteiger partial charge in [-0.15, -0.1) is 0 Å². The second-order valence-corrected chi connectivity index (χ2v) is 7.77. The van der Waals surface area contributed by atoms with Gasteiger partial charge in [0.15, 0.2) is 9.84 Å². The lowest BCUT2D eigenvalue weighted by atomic mass is 10.1. The van der Waals surface area contributed by atoms with Gasteiger partial charge in [0.05, 0.1) is 10.6 Å². The first-order chi connectivity index (χ1) is 12.4. The number of phenols is 1. The van der Waals surface area contributed by atoms with Crippen LogP contribution in [0.15, 0.2) is 65.6 Å². The average molecular weight is 372 g/mol. The smallest absolute Gasteiger partial charge is 0.339 e. The minimum atomic E-state index is -3.54. The fourth-order valence-electron chi connectivity index (χ4n) is 2.53. The topological polar surface area (TPSA) is 101 Å². The zero-order valence-corrected chi connectivity index (χ0v) is 14.4. The second-order valence-electron chi connectivity index (χ2n) is 5.66. The predicted molar refractivity (Wildman–Crippen MR) is 96.6 cm³/mol. The predicted octanol–water partition coefficient (Wildman–Crippen LogP) is 3.10. The number of rotatable bonds is 6. The van der Waals surface area contributed by atoms with Crippen molar-refractivity contribution in [2.75, 3.05) is 12.4 Å². The van der Waals surface area contributed by atoms with E-state index in [0.29, 0.717) is 0 Å². The molecule has 0 aliphatic heterocycles. The first-order valence-electron chi connectivity index (χ1n) is 7.77. The second kappa shape index (κ2) is 7.05. The Hall–Kier alpha value is -3.06. The van der Waals surface area contributed by atoms with Crippen LogP contribution in [0.4, 0.5) is 0 Å². The van der Waals surface area contributed by atoms with E-state index in [1.54, 1.807) is 18.2 Å². The molecule has 2 N–H and O–H groups in total. The molecule has 0 aromatic heterocycles. The maximum absolute atomic E-state index is 12.5. The molecule has 3 rings (SSSR count). The summed E-state index contributed by atoms with van der Waals surface area (Å²) in [5.74, 6) is -1.74. The fraction of sp³-hybridized carbons (Fsp3) is 0.105. The van der Waals surface area contributed by atoms with Crippen LogP contribution in [-0.2, 0) is 9.84 Å². The summed E-state index contributed by atoms with van der Waals surface area (Å²) in [4.78, 5) is 11.1. The number of ether oxygens (including phenoxy) is 1. The highest BCUT2D eigenvalue weighted by Gasteiger charge is 2.16. The van der Waals surface area contributed by atoms with E-state index in [9.17, 15) is 18.3 Å². The van der Waals surface area contributed by atoms with Gasteiger partial charge in [-0.25, -0.2) is 13.2 Å². The van der Waals surface area contributed by atoms with Crippen molar-refractivity contribution in [3.8, 4) is 11.5 Å². The first kappa shape index (κ1) is 17.8. The normalized spacial score (nSPS) is 11.4. The molecule has 7 heteroatoms. The lowest BCUT2D eigenvalue weighted by molar-refractivity contribution is 0.0693. The number of hydrogen-bond donors (Lipinski definition) is 2. The van der Waals surface area contributed by atoms with Gasteiger partial charge in [-0.05, 0) is 35.0 Å². The Kier molecular flexibility index (Phi) is 4.81. The Morgan fingerprint density at radius 2 is 1.69 bits per heavy atom. The number of carbonyl (C=O) groups is 1. The van der Waals surface area contributed by atoms with E-state index in [2.05, 4.69) is 0 Å². The van der Waals surface area contributed by atoms with Gasteiger partial charge in [0.25, 0.3) is 0 Å². The van der Waals surface area contributed by atoms with E-state index < -0.39 is 21.6 Å². The number of benzene rings is 3. The molecule has 0 saturated carbocycles. The number of aromatic carboxylic acids is 1. The molecule has 0 saturated heterocycles. The number of carboxylic acid groups (broad SMARTS) is 1. The monoisotopic (exact) mass is 372 g/mol. The molecule has 0 radical (unpaired) electrons. The molecule has 3 aromatic rings. The molecule has 0 aliphatic rings. The maximum Gasteiger partial charge on any atom is 0.339 e. The molecule has 0 heterocycles. The van der Waals surface area contributed by atoms with E-state index in [4.69, 9.17) is 9.84 Å². The Labute approximate surface area is 150 Å². The summed E-state index contributed by atoms with van der Waals surface area (Å²) >= 11 is 0. The van der Waals surface area contributed by atoms with Gasteiger partial charge in [0, 0.05) is 6.07 Å². The van der Waals surface area contributed by atoms with Crippen LogP contribution in [0.5, 0.6) is 11.5 Å². The average Bonchev–Trinajstić information content (AvgIpc) is 2.61. The molecule has 0 atom stereocenters. The van der Waals surface area contributed by atoms with Gasteiger partial charge >= 0.3 is 5.97 Å². The molecule has 0 aliphatic carbocycles. The van der Waals surface area contributed by atoms with Crippen molar-refractivity contribution < 1.29 is 28.2 Å². The Bertz CT molecular complexity index is 1070. The number of fused-ring (bicyclic) bond motifs is 1. The van der Waals surface area contributed by atoms with Crippen LogP contribution in [0.25, 0.3) is 10.8 Å². The van der Waals surface area contributed by atoms with Crippen molar-refractivity contribution in [3.05, 3.63) is 66.2 Å². The van der Waals surface area contributed by atoms with Gasteiger partial charge in [-0.1, -0.05) is 30.3 Å². The van der Waals surface area contributed by atoms with Crippen LogP contribution in [0.3, 0.4) is 0 Å². The first-order valence-corrected chi connectivity index (χ1v) is 9.43. The number of aromatic hydroxyl groups is 1. The third kappa shape index (κ3) is 3.78. The highest BCUT2D eigenvalue weighted by molar-refractivity contribution is 7.91. The highest BCUT2D eigenvalue weighted by atomic mass is 32.2. The van der Waals surface area contributed by atoms with E-state index in [1.165, 1.54) is 12.1 Å². The van der Waals surface area contributed by atoms with Crippen LogP contribution in [-0.4, -0.2) is 37.0 Å². The molecular formula is C19H16O6S. The lowest BCUT2D eigenvalue weighted by Crippen LogP contribution is -2.14. The van der Waals surface area contributed by atoms with E-state index in [1.807, 2.05) is 24.3 Å². The number of sulfone groups is 1. The summed E-state index contributed by atoms with van der Waals surface area (Å²) in [5, 5.41) is 20.3. The summed E-state index contributed by atoms with van der Waals surface area (Å²) in [7, 11) is -3.54. The van der Waals surface area contributed by atoms with Gasteiger partial charge in [0.1, 0.15) is 23.7 Å². The standard InChI is InChI=1S/C19H16O6S/c20-18-12-15(6-8-17(18)19(21)22)25-9-10-26(23,24)16-7-5-13-3-1-2-4-14(13)11-16/h1-8,11-12,20H,9-10H2,(H,21,22). The zero-order chi connectivity index (χ0) is 18.7. The summed E-state index contributed by atoms with van der Waals surface area (Å²) in [5.41, 5.74) is -0.249. The molecular weight excluding hydrogens is 356 g/mol. The number of hydrogen-bond acceptors (Lipinski definition) is 5. The quantitative estimate of drug-likeness (QED) is 0.689. The van der Waals surface area contributed by atoms with Gasteiger partial charge < -0.3 is 14.9 Å². The van der Waals surface area contributed by atoms with Crippen molar-refractivity contribution in [2.45, 2.75) is 4.90 Å². The maximum atomic E-state index is 12.5. The summed E-state index contributed by atoms with van der Waals surface area (Å²) in [6.07, 6.45) is 0. The molecule has 134 valence electrons. The third-order valence-corrected chi connectivity index (χ3v) is 5.58.